The van der Waals surface area contributed by atoms with E-state index < -0.39 is 10.0 Å². The van der Waals surface area contributed by atoms with E-state index in [9.17, 15) is 18.0 Å². The van der Waals surface area contributed by atoms with Crippen LogP contribution in [-0.2, 0) is 16.4 Å². The van der Waals surface area contributed by atoms with Crippen molar-refractivity contribution in [2.75, 3.05) is 11.3 Å². The molecule has 2 aromatic carbocycles. The zero-order chi connectivity index (χ0) is 23.7. The van der Waals surface area contributed by atoms with Crippen molar-refractivity contribution in [3.63, 3.8) is 0 Å². The number of carbonyl (C=O) groups excluding carboxylic acids is 2. The first kappa shape index (κ1) is 21.9. The van der Waals surface area contributed by atoms with Crippen LogP contribution in [-0.4, -0.2) is 41.6 Å². The summed E-state index contributed by atoms with van der Waals surface area (Å²) < 4.78 is 28.1. The highest BCUT2D eigenvalue weighted by Crippen LogP contribution is 2.26. The molecular formula is C24H18N4O4S2. The molecule has 10 heteroatoms. The van der Waals surface area contributed by atoms with Crippen LogP contribution < -0.4 is 4.72 Å². The topological polar surface area (TPSA) is 109 Å². The maximum absolute atomic E-state index is 12.8. The fourth-order valence-electron chi connectivity index (χ4n) is 3.64. The van der Waals surface area contributed by atoms with Gasteiger partial charge in [-0.3, -0.25) is 24.2 Å². The number of nitrogens with one attached hydrogen (secondary N) is 1. The Morgan fingerprint density at radius 1 is 0.853 bits per heavy atom. The number of nitrogens with zero attached hydrogens (tertiary/aromatic N) is 3. The molecule has 2 amide bonds. The number of hydrogen-bond donors (Lipinski definition) is 1. The van der Waals surface area contributed by atoms with E-state index in [4.69, 9.17) is 0 Å². The van der Waals surface area contributed by atoms with Gasteiger partial charge in [0.2, 0.25) is 0 Å². The van der Waals surface area contributed by atoms with Gasteiger partial charge in [-0.25, -0.2) is 13.4 Å². The van der Waals surface area contributed by atoms with Gasteiger partial charge in [-0.15, -0.1) is 11.3 Å². The summed E-state index contributed by atoms with van der Waals surface area (Å²) in [5, 5.41) is 1.98. The zero-order valence-corrected chi connectivity index (χ0v) is 19.3. The van der Waals surface area contributed by atoms with E-state index in [2.05, 4.69) is 14.7 Å². The molecule has 0 aliphatic carbocycles. The predicted molar refractivity (Wildman–Crippen MR) is 128 cm³/mol. The van der Waals surface area contributed by atoms with Gasteiger partial charge in [0.1, 0.15) is 5.69 Å². The highest BCUT2D eigenvalue weighted by molar-refractivity contribution is 7.93. The Bertz CT molecular complexity index is 1450. The van der Waals surface area contributed by atoms with Crippen LogP contribution in [0.4, 0.5) is 5.13 Å². The van der Waals surface area contributed by atoms with Crippen molar-refractivity contribution >= 4 is 38.3 Å². The van der Waals surface area contributed by atoms with E-state index in [1.165, 1.54) is 28.4 Å². The van der Waals surface area contributed by atoms with Gasteiger partial charge >= 0.3 is 0 Å². The highest BCUT2D eigenvalue weighted by atomic mass is 32.2. The molecule has 1 aliphatic heterocycles. The Labute approximate surface area is 200 Å². The van der Waals surface area contributed by atoms with Gasteiger partial charge in [0.15, 0.2) is 5.13 Å². The van der Waals surface area contributed by atoms with Crippen LogP contribution in [0.5, 0.6) is 0 Å². The minimum absolute atomic E-state index is 0.0894. The average molecular weight is 491 g/mol. The van der Waals surface area contributed by atoms with Gasteiger partial charge in [0.25, 0.3) is 21.8 Å². The second-order valence-electron chi connectivity index (χ2n) is 7.56. The molecule has 0 atom stereocenters. The van der Waals surface area contributed by atoms with Crippen LogP contribution in [0.2, 0.25) is 0 Å². The van der Waals surface area contributed by atoms with Crippen molar-refractivity contribution in [3.05, 3.63) is 95.0 Å². The van der Waals surface area contributed by atoms with Gasteiger partial charge < -0.3 is 0 Å². The number of hydrogen-bond acceptors (Lipinski definition) is 7. The molecule has 0 saturated carbocycles. The smallest absolute Gasteiger partial charge is 0.263 e. The molecule has 4 aromatic rings. The fourth-order valence-corrected chi connectivity index (χ4v) is 5.60. The third-order valence-electron chi connectivity index (χ3n) is 5.39. The second kappa shape index (κ2) is 8.81. The summed E-state index contributed by atoms with van der Waals surface area (Å²) in [6.45, 7) is 0.214. The van der Waals surface area contributed by atoms with Crippen molar-refractivity contribution in [2.45, 2.75) is 11.3 Å². The van der Waals surface area contributed by atoms with Crippen molar-refractivity contribution in [2.24, 2.45) is 0 Å². The Morgan fingerprint density at radius 3 is 2.18 bits per heavy atom. The third kappa shape index (κ3) is 4.20. The Hall–Kier alpha value is -3.89. The number of rotatable bonds is 7. The molecule has 0 spiro atoms. The molecule has 0 radical (unpaired) electrons. The lowest BCUT2D eigenvalue weighted by molar-refractivity contribution is 0.0656. The second-order valence-corrected chi connectivity index (χ2v) is 10.1. The number of pyridine rings is 1. The minimum atomic E-state index is -3.82. The van der Waals surface area contributed by atoms with Gasteiger partial charge in [-0.2, -0.15) is 0 Å². The van der Waals surface area contributed by atoms with Crippen LogP contribution in [0.15, 0.2) is 83.2 Å². The number of anilines is 1. The number of thiazole rings is 1. The number of sulfonamides is 1. The van der Waals surface area contributed by atoms with Crippen molar-refractivity contribution in [3.8, 4) is 11.4 Å². The van der Waals surface area contributed by atoms with E-state index >= 15 is 0 Å². The summed E-state index contributed by atoms with van der Waals surface area (Å²) >= 11 is 1.18. The monoisotopic (exact) mass is 490 g/mol. The van der Waals surface area contributed by atoms with Crippen LogP contribution in [0.1, 0.15) is 26.3 Å². The van der Waals surface area contributed by atoms with Gasteiger partial charge in [0.05, 0.1) is 21.7 Å². The maximum atomic E-state index is 12.8. The number of amides is 2. The van der Waals surface area contributed by atoms with Crippen LogP contribution in [0, 0.1) is 0 Å². The summed E-state index contributed by atoms with van der Waals surface area (Å²) in [5.41, 5.74) is 2.88. The molecule has 3 heterocycles. The molecule has 1 N–H and O–H groups in total. The quantitative estimate of drug-likeness (QED) is 0.394. The molecule has 5 rings (SSSR count). The first-order valence-corrected chi connectivity index (χ1v) is 12.7. The van der Waals surface area contributed by atoms with Crippen LogP contribution >= 0.6 is 11.3 Å². The normalized spacial score (nSPS) is 13.2. The molecule has 0 fully saturated rings. The number of imide groups is 1. The van der Waals surface area contributed by atoms with E-state index in [1.807, 2.05) is 6.07 Å². The lowest BCUT2D eigenvalue weighted by Crippen LogP contribution is -2.31. The number of carbonyl (C=O) groups is 2. The lowest BCUT2D eigenvalue weighted by Gasteiger charge is -2.14. The molecule has 2 aromatic heterocycles. The molecule has 0 unspecified atom stereocenters. The lowest BCUT2D eigenvalue weighted by atomic mass is 10.1. The average Bonchev–Trinajstić information content (AvgIpc) is 3.41. The summed E-state index contributed by atoms with van der Waals surface area (Å²) in [7, 11) is -3.82. The summed E-state index contributed by atoms with van der Waals surface area (Å²) in [6, 6.07) is 18.5. The Morgan fingerprint density at radius 2 is 1.53 bits per heavy atom. The Balaban J connectivity index is 1.24. The summed E-state index contributed by atoms with van der Waals surface area (Å²) in [6.07, 6.45) is 2.06. The highest BCUT2D eigenvalue weighted by Gasteiger charge is 2.34. The standard InChI is InChI=1S/C24H18N4O4S2/c29-22-18-5-1-2-6-19(18)23(30)28(22)14-12-16-8-10-17(11-9-16)34(31,32)27-24-26-21(15-33-24)20-7-3-4-13-25-20/h1-11,13,15H,12,14H2,(H,26,27). The molecule has 0 saturated heterocycles. The summed E-state index contributed by atoms with van der Waals surface area (Å²) in [5.74, 6) is -0.616. The van der Waals surface area contributed by atoms with Gasteiger partial charge in [-0.05, 0) is 48.4 Å². The predicted octanol–water partition coefficient (Wildman–Crippen LogP) is 3.84. The summed E-state index contributed by atoms with van der Waals surface area (Å²) in [4.78, 5) is 34.8. The minimum Gasteiger partial charge on any atom is -0.274 e. The van der Waals surface area contributed by atoms with Crippen LogP contribution in [0.25, 0.3) is 11.4 Å². The molecule has 1 aliphatic rings. The van der Waals surface area contributed by atoms with E-state index in [0.717, 1.165) is 5.56 Å². The number of aromatic nitrogens is 2. The van der Waals surface area contributed by atoms with Crippen molar-refractivity contribution in [1.29, 1.82) is 0 Å². The molecule has 8 nitrogen and oxygen atoms in total. The van der Waals surface area contributed by atoms with Gasteiger partial charge in [0, 0.05) is 18.1 Å². The van der Waals surface area contributed by atoms with E-state index in [-0.39, 0.29) is 28.4 Å². The van der Waals surface area contributed by atoms with Crippen molar-refractivity contribution < 1.29 is 18.0 Å². The number of benzene rings is 2. The third-order valence-corrected chi connectivity index (χ3v) is 7.63. The maximum Gasteiger partial charge on any atom is 0.263 e. The molecule has 170 valence electrons. The molecular weight excluding hydrogens is 472 g/mol. The SMILES string of the molecule is O=C1c2ccccc2C(=O)N1CCc1ccc(S(=O)(=O)Nc2nc(-c3ccccn3)cs2)cc1. The first-order valence-electron chi connectivity index (χ1n) is 10.4. The number of fused-ring (bicyclic) bond motifs is 1. The fraction of sp³-hybridized carbons (Fsp3) is 0.0833. The Kier molecular flexibility index (Phi) is 5.68. The van der Waals surface area contributed by atoms with Gasteiger partial charge in [-0.1, -0.05) is 30.3 Å². The van der Waals surface area contributed by atoms with Crippen LogP contribution in [0.3, 0.4) is 0 Å². The van der Waals surface area contributed by atoms with E-state index in [0.29, 0.717) is 28.9 Å². The van der Waals surface area contributed by atoms with E-state index in [1.54, 1.807) is 60.1 Å². The largest absolute Gasteiger partial charge is 0.274 e. The zero-order valence-electron chi connectivity index (χ0n) is 17.7. The molecule has 0 bridgehead atoms. The molecule has 34 heavy (non-hydrogen) atoms. The van der Waals surface area contributed by atoms with Crippen molar-refractivity contribution in [1.82, 2.24) is 14.9 Å². The first-order chi connectivity index (χ1) is 16.4.